The van der Waals surface area contributed by atoms with E-state index in [1.807, 2.05) is 0 Å². The first-order chi connectivity index (χ1) is 9.26. The Morgan fingerprint density at radius 3 is 2.63 bits per heavy atom. The van der Waals surface area contributed by atoms with Gasteiger partial charge < -0.3 is 5.32 Å². The molecule has 1 aliphatic rings. The Morgan fingerprint density at radius 1 is 1.32 bits per heavy atom. The van der Waals surface area contributed by atoms with E-state index in [-0.39, 0.29) is 0 Å². The van der Waals surface area contributed by atoms with Crippen LogP contribution in [0.2, 0.25) is 0 Å². The molecule has 2 heteroatoms. The van der Waals surface area contributed by atoms with Gasteiger partial charge in [-0.2, -0.15) is 0 Å². The molecule has 0 bridgehead atoms. The smallest absolute Gasteiger partial charge is 0.0449 e. The first-order valence-electron chi connectivity index (χ1n) is 7.73. The summed E-state index contributed by atoms with van der Waals surface area (Å²) in [4.78, 5) is 2.69. The van der Waals surface area contributed by atoms with Gasteiger partial charge in [0.25, 0.3) is 0 Å². The number of benzene rings is 1. The van der Waals surface area contributed by atoms with Gasteiger partial charge in [0, 0.05) is 18.6 Å². The minimum absolute atomic E-state index is 0.457. The fourth-order valence-corrected chi connectivity index (χ4v) is 2.78. The van der Waals surface area contributed by atoms with Crippen LogP contribution in [0.15, 0.2) is 24.3 Å². The molecule has 1 fully saturated rings. The average Bonchev–Trinajstić information content (AvgIpc) is 3.25. The van der Waals surface area contributed by atoms with Crippen molar-refractivity contribution in [2.45, 2.75) is 51.6 Å². The van der Waals surface area contributed by atoms with Gasteiger partial charge in [-0.05, 0) is 50.9 Å². The molecule has 19 heavy (non-hydrogen) atoms. The molecule has 0 aliphatic heterocycles. The number of nitrogens with zero attached hydrogens (tertiary/aromatic N) is 1. The highest BCUT2D eigenvalue weighted by Gasteiger charge is 2.30. The van der Waals surface area contributed by atoms with Crippen LogP contribution in [0.5, 0.6) is 0 Å². The number of nitrogens with one attached hydrogen (secondary N) is 1. The monoisotopic (exact) mass is 260 g/mol. The Hall–Kier alpha value is -0.860. The van der Waals surface area contributed by atoms with Crippen LogP contribution in [0.3, 0.4) is 0 Å². The van der Waals surface area contributed by atoms with Crippen LogP contribution < -0.4 is 5.32 Å². The molecule has 106 valence electrons. The van der Waals surface area contributed by atoms with Crippen LogP contribution in [0.1, 0.15) is 49.8 Å². The molecule has 1 N–H and O–H groups in total. The average molecular weight is 260 g/mol. The molecule has 0 aromatic heterocycles. The van der Waals surface area contributed by atoms with Gasteiger partial charge in [0.2, 0.25) is 0 Å². The molecule has 0 saturated heterocycles. The Balaban J connectivity index is 2.02. The molecule has 1 aromatic carbocycles. The highest BCUT2D eigenvalue weighted by atomic mass is 15.2. The zero-order valence-electron chi connectivity index (χ0n) is 12.7. The van der Waals surface area contributed by atoms with Crippen LogP contribution in [0.4, 0.5) is 0 Å². The van der Waals surface area contributed by atoms with Crippen molar-refractivity contribution in [3.05, 3.63) is 35.4 Å². The van der Waals surface area contributed by atoms with E-state index in [4.69, 9.17) is 0 Å². The third-order valence-electron chi connectivity index (χ3n) is 4.19. The molecule has 0 heterocycles. The highest BCUT2D eigenvalue weighted by molar-refractivity contribution is 5.29. The second-order valence-electron chi connectivity index (χ2n) is 5.78. The summed E-state index contributed by atoms with van der Waals surface area (Å²) in [5.74, 6) is 0. The predicted molar refractivity (Wildman–Crippen MR) is 82.5 cm³/mol. The summed E-state index contributed by atoms with van der Waals surface area (Å²) in [6.45, 7) is 6.90. The number of hydrogen-bond donors (Lipinski definition) is 1. The number of rotatable bonds is 8. The van der Waals surface area contributed by atoms with Gasteiger partial charge in [-0.15, -0.1) is 0 Å². The molecular formula is C17H28N2. The summed E-state index contributed by atoms with van der Waals surface area (Å²) < 4.78 is 0. The zero-order chi connectivity index (χ0) is 13.7. The number of unbranched alkanes of at least 4 members (excludes halogenated alkanes) is 1. The molecule has 1 atom stereocenters. The number of hydrogen-bond acceptors (Lipinski definition) is 2. The second kappa shape index (κ2) is 7.06. The minimum Gasteiger partial charge on any atom is -0.312 e. The highest BCUT2D eigenvalue weighted by Crippen LogP contribution is 2.29. The Morgan fingerprint density at radius 2 is 2.05 bits per heavy atom. The molecular weight excluding hydrogens is 232 g/mol. The molecule has 1 unspecified atom stereocenters. The first-order valence-corrected chi connectivity index (χ1v) is 7.73. The van der Waals surface area contributed by atoms with E-state index in [0.29, 0.717) is 6.04 Å². The maximum Gasteiger partial charge on any atom is 0.0449 e. The van der Waals surface area contributed by atoms with E-state index in [0.717, 1.165) is 12.6 Å². The molecule has 2 rings (SSSR count). The van der Waals surface area contributed by atoms with Gasteiger partial charge >= 0.3 is 0 Å². The quantitative estimate of drug-likeness (QED) is 0.769. The van der Waals surface area contributed by atoms with Gasteiger partial charge in [-0.25, -0.2) is 0 Å². The summed E-state index contributed by atoms with van der Waals surface area (Å²) in [6.07, 6.45) is 5.40. The van der Waals surface area contributed by atoms with Crippen molar-refractivity contribution in [2.24, 2.45) is 0 Å². The van der Waals surface area contributed by atoms with Gasteiger partial charge in [0.15, 0.2) is 0 Å². The molecule has 2 nitrogen and oxygen atoms in total. The van der Waals surface area contributed by atoms with Gasteiger partial charge in [-0.3, -0.25) is 4.90 Å². The summed E-state index contributed by atoms with van der Waals surface area (Å²) in [7, 11) is 2.09. The van der Waals surface area contributed by atoms with Crippen LogP contribution >= 0.6 is 0 Å². The fraction of sp³-hybridized carbons (Fsp3) is 0.647. The normalized spacial score (nSPS) is 16.8. The molecule has 0 spiro atoms. The summed E-state index contributed by atoms with van der Waals surface area (Å²) >= 11 is 0. The second-order valence-corrected chi connectivity index (χ2v) is 5.78. The van der Waals surface area contributed by atoms with Crippen LogP contribution in [-0.2, 0) is 0 Å². The summed E-state index contributed by atoms with van der Waals surface area (Å²) in [6, 6.07) is 10.1. The van der Waals surface area contributed by atoms with Crippen molar-refractivity contribution >= 4 is 0 Å². The standard InChI is InChI=1S/C17H28N2/c1-4-5-12-19(15-10-11-15)13-17(18-3)16-9-7-6-8-14(16)2/h6-9,15,17-18H,4-5,10-13H2,1-3H3. The van der Waals surface area contributed by atoms with Crippen molar-refractivity contribution in [1.29, 1.82) is 0 Å². The van der Waals surface area contributed by atoms with E-state index < -0.39 is 0 Å². The zero-order valence-corrected chi connectivity index (χ0v) is 12.7. The predicted octanol–water partition coefficient (Wildman–Crippen LogP) is 3.52. The first kappa shape index (κ1) is 14.5. The lowest BCUT2D eigenvalue weighted by molar-refractivity contribution is 0.233. The van der Waals surface area contributed by atoms with E-state index in [1.165, 1.54) is 43.4 Å². The van der Waals surface area contributed by atoms with E-state index in [9.17, 15) is 0 Å². The topological polar surface area (TPSA) is 15.3 Å². The summed E-state index contributed by atoms with van der Waals surface area (Å²) in [5.41, 5.74) is 2.85. The lowest BCUT2D eigenvalue weighted by Gasteiger charge is -2.28. The molecule has 1 saturated carbocycles. The van der Waals surface area contributed by atoms with Crippen molar-refractivity contribution in [2.75, 3.05) is 20.1 Å². The largest absolute Gasteiger partial charge is 0.312 e. The van der Waals surface area contributed by atoms with E-state index in [1.54, 1.807) is 0 Å². The van der Waals surface area contributed by atoms with Gasteiger partial charge in [0.1, 0.15) is 0 Å². The SMILES string of the molecule is CCCCN(CC(NC)c1ccccc1C)C1CC1. The number of aryl methyl sites for hydroxylation is 1. The van der Waals surface area contributed by atoms with Crippen molar-refractivity contribution in [1.82, 2.24) is 10.2 Å². The Kier molecular flexibility index (Phi) is 5.41. The van der Waals surface area contributed by atoms with Crippen LogP contribution in [0.25, 0.3) is 0 Å². The lowest BCUT2D eigenvalue weighted by Crippen LogP contribution is -2.36. The van der Waals surface area contributed by atoms with Gasteiger partial charge in [-0.1, -0.05) is 37.6 Å². The maximum atomic E-state index is 3.51. The van der Waals surface area contributed by atoms with E-state index >= 15 is 0 Å². The molecule has 0 amide bonds. The van der Waals surface area contributed by atoms with Crippen molar-refractivity contribution < 1.29 is 0 Å². The minimum atomic E-state index is 0.457. The van der Waals surface area contributed by atoms with Crippen molar-refractivity contribution in [3.8, 4) is 0 Å². The Labute approximate surface area is 118 Å². The third kappa shape index (κ3) is 4.05. The number of likely N-dealkylation sites (N-methyl/N-ethyl adjacent to an activating group) is 1. The maximum absolute atomic E-state index is 3.51. The summed E-state index contributed by atoms with van der Waals surface area (Å²) in [5, 5.41) is 3.51. The fourth-order valence-electron chi connectivity index (χ4n) is 2.78. The lowest BCUT2D eigenvalue weighted by atomic mass is 10.0. The van der Waals surface area contributed by atoms with Gasteiger partial charge in [0.05, 0.1) is 0 Å². The molecule has 0 radical (unpaired) electrons. The molecule has 1 aromatic rings. The van der Waals surface area contributed by atoms with Crippen LogP contribution in [0, 0.1) is 6.92 Å². The van der Waals surface area contributed by atoms with E-state index in [2.05, 4.69) is 55.4 Å². The molecule has 1 aliphatic carbocycles. The van der Waals surface area contributed by atoms with Crippen LogP contribution in [-0.4, -0.2) is 31.1 Å². The Bertz CT molecular complexity index is 385. The third-order valence-corrected chi connectivity index (χ3v) is 4.19. The van der Waals surface area contributed by atoms with Crippen molar-refractivity contribution in [3.63, 3.8) is 0 Å².